The van der Waals surface area contributed by atoms with Crippen LogP contribution in [0.15, 0.2) is 36.4 Å². The second-order valence-electron chi connectivity index (χ2n) is 5.48. The molecular weight excluding hydrogens is 276 g/mol. The molecule has 0 saturated heterocycles. The molecule has 2 rings (SSSR count). The van der Waals surface area contributed by atoms with Crippen molar-refractivity contribution in [3.05, 3.63) is 58.9 Å². The predicted octanol–water partition coefficient (Wildman–Crippen LogP) is 2.98. The third-order valence-electron chi connectivity index (χ3n) is 4.06. The Labute approximate surface area is 131 Å². The molecule has 1 heterocycles. The number of carbonyl (C=O) groups is 1. The van der Waals surface area contributed by atoms with Gasteiger partial charge in [-0.3, -0.25) is 4.79 Å². The summed E-state index contributed by atoms with van der Waals surface area (Å²) in [6.07, 6.45) is 0.502. The number of hydrogen-bond acceptors (Lipinski definition) is 2. The Kier molecular flexibility index (Phi) is 5.39. The van der Waals surface area contributed by atoms with Gasteiger partial charge in [0.1, 0.15) is 0 Å². The number of rotatable bonds is 6. The summed E-state index contributed by atoms with van der Waals surface area (Å²) in [7, 11) is 0. The lowest BCUT2D eigenvalue weighted by molar-refractivity contribution is 0.0929. The lowest BCUT2D eigenvalue weighted by Gasteiger charge is -2.18. The SMILES string of the molecule is CCn1c(C)cc(C(=O)NC(CCO)c2ccccc2)c1C. The van der Waals surface area contributed by atoms with Gasteiger partial charge in [0.25, 0.3) is 5.91 Å². The predicted molar refractivity (Wildman–Crippen MR) is 87.9 cm³/mol. The average Bonchev–Trinajstić information content (AvgIpc) is 2.82. The number of nitrogens with zero attached hydrogens (tertiary/aromatic N) is 1. The number of aliphatic hydroxyl groups is 1. The number of amides is 1. The van der Waals surface area contributed by atoms with Crippen LogP contribution in [-0.4, -0.2) is 22.2 Å². The molecule has 2 N–H and O–H groups in total. The van der Waals surface area contributed by atoms with E-state index in [9.17, 15) is 9.90 Å². The van der Waals surface area contributed by atoms with E-state index >= 15 is 0 Å². The normalized spacial score (nSPS) is 12.2. The van der Waals surface area contributed by atoms with Gasteiger partial charge in [0, 0.05) is 24.5 Å². The molecule has 0 bridgehead atoms. The van der Waals surface area contributed by atoms with Crippen LogP contribution in [0.2, 0.25) is 0 Å². The highest BCUT2D eigenvalue weighted by atomic mass is 16.3. The molecule has 0 aliphatic heterocycles. The number of aliphatic hydroxyl groups excluding tert-OH is 1. The van der Waals surface area contributed by atoms with Crippen molar-refractivity contribution in [1.29, 1.82) is 0 Å². The first kappa shape index (κ1) is 16.3. The molecule has 0 aliphatic carbocycles. The van der Waals surface area contributed by atoms with Crippen LogP contribution in [0.25, 0.3) is 0 Å². The van der Waals surface area contributed by atoms with Crippen LogP contribution in [0, 0.1) is 13.8 Å². The van der Waals surface area contributed by atoms with E-state index in [-0.39, 0.29) is 18.6 Å². The van der Waals surface area contributed by atoms with E-state index in [1.165, 1.54) is 0 Å². The van der Waals surface area contributed by atoms with Gasteiger partial charge in [-0.15, -0.1) is 0 Å². The first-order chi connectivity index (χ1) is 10.6. The second kappa shape index (κ2) is 7.27. The Morgan fingerprint density at radius 2 is 1.95 bits per heavy atom. The van der Waals surface area contributed by atoms with Crippen LogP contribution in [-0.2, 0) is 6.54 Å². The summed E-state index contributed by atoms with van der Waals surface area (Å²) in [6.45, 7) is 6.93. The van der Waals surface area contributed by atoms with Gasteiger partial charge >= 0.3 is 0 Å². The molecule has 4 heteroatoms. The smallest absolute Gasteiger partial charge is 0.253 e. The largest absolute Gasteiger partial charge is 0.396 e. The van der Waals surface area contributed by atoms with Gasteiger partial charge in [-0.05, 0) is 38.8 Å². The Morgan fingerprint density at radius 1 is 1.27 bits per heavy atom. The second-order valence-corrected chi connectivity index (χ2v) is 5.48. The van der Waals surface area contributed by atoms with Crippen molar-refractivity contribution in [1.82, 2.24) is 9.88 Å². The van der Waals surface area contributed by atoms with Crippen molar-refractivity contribution in [2.75, 3.05) is 6.61 Å². The lowest BCUT2D eigenvalue weighted by atomic mass is 10.0. The van der Waals surface area contributed by atoms with Gasteiger partial charge in [0.2, 0.25) is 0 Å². The minimum atomic E-state index is -0.177. The number of aromatic nitrogens is 1. The van der Waals surface area contributed by atoms with Crippen molar-refractivity contribution in [2.45, 2.75) is 39.8 Å². The van der Waals surface area contributed by atoms with Crippen molar-refractivity contribution in [2.24, 2.45) is 0 Å². The van der Waals surface area contributed by atoms with Crippen LogP contribution in [0.4, 0.5) is 0 Å². The van der Waals surface area contributed by atoms with Crippen molar-refractivity contribution in [3.63, 3.8) is 0 Å². The molecule has 1 aromatic heterocycles. The van der Waals surface area contributed by atoms with E-state index in [2.05, 4.69) is 16.8 Å². The van der Waals surface area contributed by atoms with Crippen molar-refractivity contribution >= 4 is 5.91 Å². The Hall–Kier alpha value is -2.07. The maximum Gasteiger partial charge on any atom is 0.253 e. The highest BCUT2D eigenvalue weighted by Gasteiger charge is 2.19. The van der Waals surface area contributed by atoms with Crippen LogP contribution >= 0.6 is 0 Å². The number of aryl methyl sites for hydroxylation is 1. The third kappa shape index (κ3) is 3.39. The number of nitrogens with one attached hydrogen (secondary N) is 1. The minimum absolute atomic E-state index is 0.0355. The summed E-state index contributed by atoms with van der Waals surface area (Å²) in [6, 6.07) is 11.5. The molecule has 1 aromatic carbocycles. The fourth-order valence-electron chi connectivity index (χ4n) is 2.89. The summed E-state index contributed by atoms with van der Waals surface area (Å²) < 4.78 is 2.12. The van der Waals surface area contributed by atoms with Gasteiger partial charge in [0.15, 0.2) is 0 Å². The molecule has 0 spiro atoms. The number of hydrogen-bond donors (Lipinski definition) is 2. The molecule has 0 radical (unpaired) electrons. The molecule has 4 nitrogen and oxygen atoms in total. The first-order valence-electron chi connectivity index (χ1n) is 7.71. The lowest BCUT2D eigenvalue weighted by Crippen LogP contribution is -2.29. The fraction of sp³-hybridized carbons (Fsp3) is 0.389. The zero-order chi connectivity index (χ0) is 16.1. The van der Waals surface area contributed by atoms with Gasteiger partial charge in [0.05, 0.1) is 11.6 Å². The van der Waals surface area contributed by atoms with Gasteiger partial charge < -0.3 is 15.0 Å². The molecule has 118 valence electrons. The monoisotopic (exact) mass is 300 g/mol. The standard InChI is InChI=1S/C18H24N2O2/c1-4-20-13(2)12-16(14(20)3)18(22)19-17(10-11-21)15-8-6-5-7-9-15/h5-9,12,17,21H,4,10-11H2,1-3H3,(H,19,22). The summed E-state index contributed by atoms with van der Waals surface area (Å²) in [5, 5.41) is 12.3. The van der Waals surface area contributed by atoms with E-state index in [4.69, 9.17) is 0 Å². The van der Waals surface area contributed by atoms with Gasteiger partial charge in [-0.25, -0.2) is 0 Å². The van der Waals surface area contributed by atoms with Gasteiger partial charge in [-0.2, -0.15) is 0 Å². The number of benzene rings is 1. The Balaban J connectivity index is 2.22. The first-order valence-corrected chi connectivity index (χ1v) is 7.71. The maximum atomic E-state index is 12.6. The Morgan fingerprint density at radius 3 is 2.50 bits per heavy atom. The van der Waals surface area contributed by atoms with Crippen molar-refractivity contribution < 1.29 is 9.90 Å². The summed E-state index contributed by atoms with van der Waals surface area (Å²) in [5.74, 6) is -0.0879. The highest BCUT2D eigenvalue weighted by Crippen LogP contribution is 2.19. The zero-order valence-corrected chi connectivity index (χ0v) is 13.5. The summed E-state index contributed by atoms with van der Waals surface area (Å²) in [4.78, 5) is 12.6. The van der Waals surface area contributed by atoms with E-state index in [1.807, 2.05) is 50.2 Å². The van der Waals surface area contributed by atoms with Crippen LogP contribution in [0.1, 0.15) is 46.7 Å². The van der Waals surface area contributed by atoms with E-state index in [0.29, 0.717) is 12.0 Å². The molecule has 1 amide bonds. The van der Waals surface area contributed by atoms with E-state index in [0.717, 1.165) is 23.5 Å². The molecule has 0 saturated carbocycles. The average molecular weight is 300 g/mol. The van der Waals surface area contributed by atoms with Crippen molar-refractivity contribution in [3.8, 4) is 0 Å². The topological polar surface area (TPSA) is 54.3 Å². The van der Waals surface area contributed by atoms with Crippen LogP contribution < -0.4 is 5.32 Å². The molecule has 1 atom stereocenters. The minimum Gasteiger partial charge on any atom is -0.396 e. The third-order valence-corrected chi connectivity index (χ3v) is 4.06. The molecule has 0 fully saturated rings. The van der Waals surface area contributed by atoms with E-state index in [1.54, 1.807) is 0 Å². The molecule has 2 aromatic rings. The highest BCUT2D eigenvalue weighted by molar-refractivity contribution is 5.96. The fourth-order valence-corrected chi connectivity index (χ4v) is 2.89. The zero-order valence-electron chi connectivity index (χ0n) is 13.5. The quantitative estimate of drug-likeness (QED) is 0.861. The molecule has 1 unspecified atom stereocenters. The van der Waals surface area contributed by atoms with E-state index < -0.39 is 0 Å². The Bertz CT molecular complexity index is 632. The molecular formula is C18H24N2O2. The summed E-state index contributed by atoms with van der Waals surface area (Å²) in [5.41, 5.74) is 3.78. The van der Waals surface area contributed by atoms with Crippen LogP contribution in [0.3, 0.4) is 0 Å². The maximum absolute atomic E-state index is 12.6. The molecule has 22 heavy (non-hydrogen) atoms. The number of carbonyl (C=O) groups excluding carboxylic acids is 1. The van der Waals surface area contributed by atoms with Gasteiger partial charge in [-0.1, -0.05) is 30.3 Å². The molecule has 0 aliphatic rings. The summed E-state index contributed by atoms with van der Waals surface area (Å²) >= 11 is 0. The van der Waals surface area contributed by atoms with Crippen LogP contribution in [0.5, 0.6) is 0 Å².